The van der Waals surface area contributed by atoms with Gasteiger partial charge >= 0.3 is 0 Å². The summed E-state index contributed by atoms with van der Waals surface area (Å²) in [5.74, 6) is 0.231. The molecule has 0 spiro atoms. The van der Waals surface area contributed by atoms with Gasteiger partial charge in [0.15, 0.2) is 0 Å². The van der Waals surface area contributed by atoms with Crippen LogP contribution in [0.4, 0.5) is 5.69 Å². The highest BCUT2D eigenvalue weighted by Crippen LogP contribution is 2.31. The molecule has 2 aromatic rings. The lowest BCUT2D eigenvalue weighted by Crippen LogP contribution is -2.50. The maximum atomic E-state index is 13.0. The highest BCUT2D eigenvalue weighted by molar-refractivity contribution is 5.97. The molecule has 28 heavy (non-hydrogen) atoms. The molecule has 2 aromatic carbocycles. The normalized spacial score (nSPS) is 20.6. The maximum Gasteiger partial charge on any atom is 0.241 e. The summed E-state index contributed by atoms with van der Waals surface area (Å²) in [6.45, 7) is 7.56. The average Bonchev–Trinajstić information content (AvgIpc) is 3.06. The van der Waals surface area contributed by atoms with Crippen molar-refractivity contribution in [3.8, 4) is 0 Å². The smallest absolute Gasteiger partial charge is 0.241 e. The summed E-state index contributed by atoms with van der Waals surface area (Å²) >= 11 is 0. The van der Waals surface area contributed by atoms with Gasteiger partial charge in [0.1, 0.15) is 0 Å². The van der Waals surface area contributed by atoms with Gasteiger partial charge in [-0.1, -0.05) is 60.7 Å². The second kappa shape index (κ2) is 8.72. The molecular formula is C24H29N3O. The maximum absolute atomic E-state index is 13.0. The van der Waals surface area contributed by atoms with Crippen LogP contribution in [0.1, 0.15) is 18.1 Å². The number of para-hydroxylation sites is 1. The molecule has 0 radical (unpaired) electrons. The van der Waals surface area contributed by atoms with Crippen LogP contribution in [0, 0.1) is 0 Å². The summed E-state index contributed by atoms with van der Waals surface area (Å²) in [5.41, 5.74) is 3.63. The Hall–Kier alpha value is -2.43. The minimum Gasteiger partial charge on any atom is -0.308 e. The van der Waals surface area contributed by atoms with Crippen molar-refractivity contribution in [3.05, 3.63) is 71.8 Å². The van der Waals surface area contributed by atoms with Gasteiger partial charge in [0.25, 0.3) is 0 Å². The summed E-state index contributed by atoms with van der Waals surface area (Å²) in [6.07, 6.45) is 5.38. The first-order chi connectivity index (χ1) is 13.7. The van der Waals surface area contributed by atoms with Crippen molar-refractivity contribution in [2.45, 2.75) is 19.4 Å². The summed E-state index contributed by atoms with van der Waals surface area (Å²) in [7, 11) is 0. The van der Waals surface area contributed by atoms with E-state index < -0.39 is 0 Å². The number of carbonyl (C=O) groups excluding carboxylic acids is 1. The summed E-state index contributed by atoms with van der Waals surface area (Å²) in [6, 6.07) is 19.0. The van der Waals surface area contributed by atoms with Gasteiger partial charge in [-0.25, -0.2) is 0 Å². The van der Waals surface area contributed by atoms with Crippen molar-refractivity contribution in [1.29, 1.82) is 0 Å². The van der Waals surface area contributed by atoms with Crippen molar-refractivity contribution in [3.63, 3.8) is 0 Å². The number of hydrogen-bond acceptors (Lipinski definition) is 3. The fourth-order valence-electron chi connectivity index (χ4n) is 4.25. The van der Waals surface area contributed by atoms with Crippen LogP contribution >= 0.6 is 0 Å². The standard InChI is InChI=1S/C24H29N3O/c1-20-18-22-11-5-6-12-23(22)27(20)24(28)19-26-16-14-25(15-17-26)13-7-10-21-8-3-2-4-9-21/h2-12,20H,13-19H2,1H3/b10-7+. The topological polar surface area (TPSA) is 26.8 Å². The van der Waals surface area contributed by atoms with Gasteiger partial charge in [0, 0.05) is 44.5 Å². The molecule has 1 unspecified atom stereocenters. The summed E-state index contributed by atoms with van der Waals surface area (Å²) in [5, 5.41) is 0. The number of rotatable bonds is 5. The second-order valence-electron chi connectivity index (χ2n) is 7.84. The monoisotopic (exact) mass is 375 g/mol. The molecule has 0 N–H and O–H groups in total. The van der Waals surface area contributed by atoms with Crippen LogP contribution in [0.3, 0.4) is 0 Å². The Bertz CT molecular complexity index is 825. The Morgan fingerprint density at radius 3 is 2.43 bits per heavy atom. The Morgan fingerprint density at radius 1 is 0.964 bits per heavy atom. The van der Waals surface area contributed by atoms with Gasteiger partial charge in [-0.05, 0) is 30.5 Å². The number of benzene rings is 2. The molecule has 2 aliphatic heterocycles. The number of piperazine rings is 1. The van der Waals surface area contributed by atoms with Crippen LogP contribution in [0.2, 0.25) is 0 Å². The van der Waals surface area contributed by atoms with Crippen molar-refractivity contribution in [2.75, 3.05) is 44.2 Å². The van der Waals surface area contributed by atoms with E-state index in [1.807, 2.05) is 17.0 Å². The predicted octanol–water partition coefficient (Wildman–Crippen LogP) is 3.30. The quantitative estimate of drug-likeness (QED) is 0.802. The van der Waals surface area contributed by atoms with Crippen molar-refractivity contribution < 1.29 is 4.79 Å². The number of hydrogen-bond donors (Lipinski definition) is 0. The number of anilines is 1. The zero-order chi connectivity index (χ0) is 19.3. The van der Waals surface area contributed by atoms with E-state index in [2.05, 4.69) is 71.3 Å². The zero-order valence-corrected chi connectivity index (χ0v) is 16.6. The Labute approximate surface area is 168 Å². The molecule has 2 aliphatic rings. The molecule has 0 aromatic heterocycles. The summed E-state index contributed by atoms with van der Waals surface area (Å²) < 4.78 is 0. The van der Waals surface area contributed by atoms with Crippen molar-refractivity contribution in [2.24, 2.45) is 0 Å². The third kappa shape index (κ3) is 4.34. The van der Waals surface area contributed by atoms with E-state index in [0.717, 1.165) is 44.8 Å². The fraction of sp³-hybridized carbons (Fsp3) is 0.375. The molecule has 4 nitrogen and oxygen atoms in total. The van der Waals surface area contributed by atoms with Gasteiger partial charge < -0.3 is 4.90 Å². The van der Waals surface area contributed by atoms with Crippen molar-refractivity contribution >= 4 is 17.7 Å². The molecule has 1 saturated heterocycles. The number of carbonyl (C=O) groups is 1. The lowest BCUT2D eigenvalue weighted by Gasteiger charge is -2.35. The Balaban J connectivity index is 1.25. The summed E-state index contributed by atoms with van der Waals surface area (Å²) in [4.78, 5) is 19.7. The van der Waals surface area contributed by atoms with Crippen LogP contribution in [-0.4, -0.2) is 61.0 Å². The number of amides is 1. The van der Waals surface area contributed by atoms with Crippen LogP contribution in [0.25, 0.3) is 6.08 Å². The van der Waals surface area contributed by atoms with Crippen LogP contribution in [-0.2, 0) is 11.2 Å². The van der Waals surface area contributed by atoms with Gasteiger partial charge in [0.2, 0.25) is 5.91 Å². The lowest BCUT2D eigenvalue weighted by atomic mass is 10.1. The lowest BCUT2D eigenvalue weighted by molar-refractivity contribution is -0.120. The minimum absolute atomic E-state index is 0.231. The highest BCUT2D eigenvalue weighted by Gasteiger charge is 2.31. The molecule has 1 atom stereocenters. The molecule has 0 bridgehead atoms. The molecule has 4 rings (SSSR count). The number of fused-ring (bicyclic) bond motifs is 1. The molecular weight excluding hydrogens is 346 g/mol. The Kier molecular flexibility index (Phi) is 5.89. The molecule has 0 aliphatic carbocycles. The van der Waals surface area contributed by atoms with Crippen LogP contribution in [0.15, 0.2) is 60.7 Å². The molecule has 1 fully saturated rings. The molecule has 0 saturated carbocycles. The molecule has 146 valence electrons. The molecule has 1 amide bonds. The van der Waals surface area contributed by atoms with E-state index in [-0.39, 0.29) is 11.9 Å². The fourth-order valence-corrected chi connectivity index (χ4v) is 4.25. The zero-order valence-electron chi connectivity index (χ0n) is 16.6. The third-order valence-electron chi connectivity index (χ3n) is 5.77. The average molecular weight is 376 g/mol. The number of nitrogens with zero attached hydrogens (tertiary/aromatic N) is 3. The van der Waals surface area contributed by atoms with Crippen molar-refractivity contribution in [1.82, 2.24) is 9.80 Å². The third-order valence-corrected chi connectivity index (χ3v) is 5.77. The minimum atomic E-state index is 0.231. The first-order valence-electron chi connectivity index (χ1n) is 10.3. The van der Waals surface area contributed by atoms with Crippen LogP contribution in [0.5, 0.6) is 0 Å². The van der Waals surface area contributed by atoms with Gasteiger partial charge in [0.05, 0.1) is 6.54 Å². The second-order valence-corrected chi connectivity index (χ2v) is 7.84. The van der Waals surface area contributed by atoms with Crippen LogP contribution < -0.4 is 4.90 Å². The van der Waals surface area contributed by atoms with E-state index in [9.17, 15) is 4.79 Å². The predicted molar refractivity (Wildman–Crippen MR) is 115 cm³/mol. The first kappa shape index (κ1) is 18.9. The van der Waals surface area contributed by atoms with E-state index in [1.165, 1.54) is 11.1 Å². The van der Waals surface area contributed by atoms with E-state index in [1.54, 1.807) is 0 Å². The molecule has 2 heterocycles. The van der Waals surface area contributed by atoms with E-state index >= 15 is 0 Å². The van der Waals surface area contributed by atoms with E-state index in [0.29, 0.717) is 6.54 Å². The van der Waals surface area contributed by atoms with Gasteiger partial charge in [-0.15, -0.1) is 0 Å². The highest BCUT2D eigenvalue weighted by atomic mass is 16.2. The SMILES string of the molecule is CC1Cc2ccccc2N1C(=O)CN1CCN(C/C=C/c2ccccc2)CC1. The largest absolute Gasteiger partial charge is 0.308 e. The molecule has 4 heteroatoms. The Morgan fingerprint density at radius 2 is 1.64 bits per heavy atom. The van der Waals surface area contributed by atoms with Gasteiger partial charge in [-0.3, -0.25) is 14.6 Å². The van der Waals surface area contributed by atoms with E-state index in [4.69, 9.17) is 0 Å². The first-order valence-corrected chi connectivity index (χ1v) is 10.3. The van der Waals surface area contributed by atoms with Gasteiger partial charge in [-0.2, -0.15) is 0 Å².